The summed E-state index contributed by atoms with van der Waals surface area (Å²) >= 11 is 0. The van der Waals surface area contributed by atoms with Gasteiger partial charge in [0.2, 0.25) is 0 Å². The second-order valence-electron chi connectivity index (χ2n) is 4.94. The van der Waals surface area contributed by atoms with Crippen molar-refractivity contribution in [1.82, 2.24) is 9.55 Å². The zero-order chi connectivity index (χ0) is 12.9. The molecule has 96 valence electrons. The molecule has 0 N–H and O–H groups in total. The second-order valence-corrected chi connectivity index (χ2v) is 4.94. The van der Waals surface area contributed by atoms with Gasteiger partial charge in [0.15, 0.2) is 0 Å². The number of hydrogen-bond acceptors (Lipinski definition) is 1. The van der Waals surface area contributed by atoms with Gasteiger partial charge in [0.1, 0.15) is 5.82 Å². The maximum absolute atomic E-state index is 12.6. The molecule has 1 aromatic carbocycles. The molecule has 0 amide bonds. The standard InChI is InChI=1S/C13H13F3N2/c1-18-11-7-9(13(14,15)16)4-5-10(11)17-12(18)6-8-2-3-8/h4-5,7-8H,2-3,6H2,1H3. The molecule has 0 spiro atoms. The summed E-state index contributed by atoms with van der Waals surface area (Å²) in [6, 6.07) is 3.73. The molecular formula is C13H13F3N2. The number of halogens is 3. The van der Waals surface area contributed by atoms with E-state index in [9.17, 15) is 13.2 Å². The molecule has 1 aliphatic carbocycles. The molecule has 0 unspecified atom stereocenters. The average Bonchev–Trinajstić information content (AvgIpc) is 3.04. The molecule has 2 aromatic rings. The molecule has 1 aliphatic rings. The molecule has 1 aromatic heterocycles. The average molecular weight is 254 g/mol. The summed E-state index contributed by atoms with van der Waals surface area (Å²) in [5.41, 5.74) is 0.581. The Kier molecular flexibility index (Phi) is 2.40. The van der Waals surface area contributed by atoms with Gasteiger partial charge >= 0.3 is 6.18 Å². The van der Waals surface area contributed by atoms with Crippen molar-refractivity contribution < 1.29 is 13.2 Å². The van der Waals surface area contributed by atoms with Crippen LogP contribution in [0.25, 0.3) is 11.0 Å². The van der Waals surface area contributed by atoms with Gasteiger partial charge in [0.05, 0.1) is 16.6 Å². The molecule has 2 nitrogen and oxygen atoms in total. The number of aryl methyl sites for hydroxylation is 1. The van der Waals surface area contributed by atoms with Crippen molar-refractivity contribution in [3.63, 3.8) is 0 Å². The SMILES string of the molecule is Cn1c(CC2CC2)nc2ccc(C(F)(F)F)cc21. The lowest BCUT2D eigenvalue weighted by Crippen LogP contribution is -2.05. The third-order valence-electron chi connectivity index (χ3n) is 3.47. The van der Waals surface area contributed by atoms with Crippen LogP contribution >= 0.6 is 0 Å². The lowest BCUT2D eigenvalue weighted by atomic mass is 10.2. The van der Waals surface area contributed by atoms with Gasteiger partial charge in [0, 0.05) is 13.5 Å². The second kappa shape index (κ2) is 3.73. The summed E-state index contributed by atoms with van der Waals surface area (Å²) < 4.78 is 39.7. The summed E-state index contributed by atoms with van der Waals surface area (Å²) in [7, 11) is 1.78. The van der Waals surface area contributed by atoms with Crippen molar-refractivity contribution in [1.29, 1.82) is 0 Å². The molecule has 1 fully saturated rings. The van der Waals surface area contributed by atoms with Gasteiger partial charge in [-0.3, -0.25) is 0 Å². The predicted molar refractivity (Wildman–Crippen MR) is 62.1 cm³/mol. The molecule has 0 bridgehead atoms. The fourth-order valence-corrected chi connectivity index (χ4v) is 2.18. The number of aromatic nitrogens is 2. The first kappa shape index (κ1) is 11.6. The smallest absolute Gasteiger partial charge is 0.331 e. The molecule has 0 saturated heterocycles. The Balaban J connectivity index is 2.06. The van der Waals surface area contributed by atoms with Crippen LogP contribution in [0.15, 0.2) is 18.2 Å². The van der Waals surface area contributed by atoms with Crippen LogP contribution in [0.4, 0.5) is 13.2 Å². The Labute approximate surface area is 102 Å². The van der Waals surface area contributed by atoms with Gasteiger partial charge in [0.25, 0.3) is 0 Å². The Morgan fingerprint density at radius 1 is 1.33 bits per heavy atom. The summed E-state index contributed by atoms with van der Waals surface area (Å²) in [5.74, 6) is 1.55. The highest BCUT2D eigenvalue weighted by molar-refractivity contribution is 5.77. The number of benzene rings is 1. The molecule has 0 radical (unpaired) electrons. The topological polar surface area (TPSA) is 17.8 Å². The van der Waals surface area contributed by atoms with Gasteiger partial charge in [-0.05, 0) is 37.0 Å². The van der Waals surface area contributed by atoms with E-state index in [2.05, 4.69) is 4.98 Å². The first-order chi connectivity index (χ1) is 8.45. The zero-order valence-corrected chi connectivity index (χ0v) is 9.96. The molecule has 1 saturated carbocycles. The van der Waals surface area contributed by atoms with Gasteiger partial charge < -0.3 is 4.57 Å². The monoisotopic (exact) mass is 254 g/mol. The first-order valence-corrected chi connectivity index (χ1v) is 5.97. The lowest BCUT2D eigenvalue weighted by molar-refractivity contribution is -0.137. The summed E-state index contributed by atoms with van der Waals surface area (Å²) in [6.07, 6.45) is -1.02. The van der Waals surface area contributed by atoms with Crippen LogP contribution in [-0.2, 0) is 19.6 Å². The highest BCUT2D eigenvalue weighted by Gasteiger charge is 2.31. The van der Waals surface area contributed by atoms with Gasteiger partial charge in [-0.1, -0.05) is 0 Å². The van der Waals surface area contributed by atoms with E-state index in [1.165, 1.54) is 25.0 Å². The van der Waals surface area contributed by atoms with E-state index in [4.69, 9.17) is 0 Å². The quantitative estimate of drug-likeness (QED) is 0.801. The third kappa shape index (κ3) is 1.98. The highest BCUT2D eigenvalue weighted by Crippen LogP contribution is 2.34. The van der Waals surface area contributed by atoms with Crippen molar-refractivity contribution >= 4 is 11.0 Å². The van der Waals surface area contributed by atoms with Gasteiger partial charge in [-0.2, -0.15) is 13.2 Å². The Morgan fingerprint density at radius 2 is 2.06 bits per heavy atom. The minimum Gasteiger partial charge on any atom is -0.331 e. The molecular weight excluding hydrogens is 241 g/mol. The Hall–Kier alpha value is -1.52. The maximum atomic E-state index is 12.6. The van der Waals surface area contributed by atoms with Crippen LogP contribution < -0.4 is 0 Å². The maximum Gasteiger partial charge on any atom is 0.416 e. The minimum absolute atomic E-state index is 0.556. The van der Waals surface area contributed by atoms with Crippen LogP contribution in [0.2, 0.25) is 0 Å². The summed E-state index contributed by atoms with van der Waals surface area (Å²) in [5, 5.41) is 0. The molecule has 3 rings (SSSR count). The van der Waals surface area contributed by atoms with Crippen LogP contribution in [0.5, 0.6) is 0 Å². The van der Waals surface area contributed by atoms with E-state index in [0.717, 1.165) is 18.3 Å². The van der Waals surface area contributed by atoms with Crippen LogP contribution in [-0.4, -0.2) is 9.55 Å². The van der Waals surface area contributed by atoms with Crippen molar-refractivity contribution in [3.05, 3.63) is 29.6 Å². The molecule has 0 aliphatic heterocycles. The van der Waals surface area contributed by atoms with Crippen molar-refractivity contribution in [2.75, 3.05) is 0 Å². The number of hydrogen-bond donors (Lipinski definition) is 0. The predicted octanol–water partition coefficient (Wildman–Crippen LogP) is 3.54. The third-order valence-corrected chi connectivity index (χ3v) is 3.47. The van der Waals surface area contributed by atoms with Crippen LogP contribution in [0, 0.1) is 5.92 Å². The van der Waals surface area contributed by atoms with Crippen LogP contribution in [0.1, 0.15) is 24.2 Å². The summed E-state index contributed by atoms with van der Waals surface area (Å²) in [6.45, 7) is 0. The minimum atomic E-state index is -4.30. The molecule has 1 heterocycles. The van der Waals surface area contributed by atoms with Crippen molar-refractivity contribution in [2.24, 2.45) is 13.0 Å². The normalized spacial score (nSPS) is 16.4. The molecule has 0 atom stereocenters. The van der Waals surface area contributed by atoms with Gasteiger partial charge in [-0.15, -0.1) is 0 Å². The lowest BCUT2D eigenvalue weighted by Gasteiger charge is -2.06. The van der Waals surface area contributed by atoms with Crippen molar-refractivity contribution in [2.45, 2.75) is 25.4 Å². The Morgan fingerprint density at radius 3 is 2.67 bits per heavy atom. The fraction of sp³-hybridized carbons (Fsp3) is 0.462. The number of nitrogens with zero attached hydrogens (tertiary/aromatic N) is 2. The van der Waals surface area contributed by atoms with Crippen LogP contribution in [0.3, 0.4) is 0 Å². The van der Waals surface area contributed by atoms with E-state index in [0.29, 0.717) is 17.0 Å². The fourth-order valence-electron chi connectivity index (χ4n) is 2.18. The van der Waals surface area contributed by atoms with E-state index >= 15 is 0 Å². The number of rotatable bonds is 2. The highest BCUT2D eigenvalue weighted by atomic mass is 19.4. The zero-order valence-electron chi connectivity index (χ0n) is 9.96. The van der Waals surface area contributed by atoms with E-state index in [1.54, 1.807) is 11.6 Å². The first-order valence-electron chi connectivity index (χ1n) is 5.97. The largest absolute Gasteiger partial charge is 0.416 e. The summed E-state index contributed by atoms with van der Waals surface area (Å²) in [4.78, 5) is 4.41. The number of imidazole rings is 1. The number of fused-ring (bicyclic) bond motifs is 1. The van der Waals surface area contributed by atoms with E-state index < -0.39 is 11.7 Å². The van der Waals surface area contributed by atoms with Gasteiger partial charge in [-0.25, -0.2) is 4.98 Å². The molecule has 5 heteroatoms. The Bertz CT molecular complexity index is 594. The number of alkyl halides is 3. The van der Waals surface area contributed by atoms with E-state index in [1.807, 2.05) is 0 Å². The molecule has 18 heavy (non-hydrogen) atoms. The van der Waals surface area contributed by atoms with E-state index in [-0.39, 0.29) is 0 Å². The van der Waals surface area contributed by atoms with Crippen molar-refractivity contribution in [3.8, 4) is 0 Å².